The summed E-state index contributed by atoms with van der Waals surface area (Å²) in [4.78, 5) is 61.2. The molecule has 2 saturated heterocycles. The number of thioether (sulfide) groups is 2. The maximum Gasteiger partial charge on any atom is 0.350 e. The van der Waals surface area contributed by atoms with Crippen LogP contribution in [0.1, 0.15) is 25.1 Å². The number of amides is 2. The topological polar surface area (TPSA) is 279 Å². The predicted octanol–water partition coefficient (Wildman–Crippen LogP) is 0.730. The number of nitrogens with zero attached hydrogens (tertiary/aromatic N) is 4. The van der Waals surface area contributed by atoms with Gasteiger partial charge in [-0.1, -0.05) is 21.9 Å². The lowest BCUT2D eigenvalue weighted by Gasteiger charge is -2.35. The number of phenolic OH excluding ortho intramolecular Hbond substituents is 2. The van der Waals surface area contributed by atoms with Crippen LogP contribution < -0.4 is 16.4 Å². The average molecular weight is 748 g/mol. The van der Waals surface area contributed by atoms with Crippen LogP contribution >= 0.6 is 46.5 Å². The van der Waals surface area contributed by atoms with Gasteiger partial charge in [-0.05, 0) is 26.0 Å². The molecule has 2 fully saturated rings. The van der Waals surface area contributed by atoms with Gasteiger partial charge in [-0.25, -0.2) is 14.6 Å². The maximum atomic E-state index is 13.5. The molecular weight excluding hydrogens is 718 g/mol. The summed E-state index contributed by atoms with van der Waals surface area (Å²) in [5.74, 6) is -5.30. The zero-order valence-electron chi connectivity index (χ0n) is 25.1. The fraction of sp³-hybridized carbons (Fsp3) is 0.423. The van der Waals surface area contributed by atoms with Gasteiger partial charge >= 0.3 is 11.9 Å². The number of carboxylic acid groups (broad SMARTS) is 2. The first-order valence-corrected chi connectivity index (χ1v) is 16.8. The Balaban J connectivity index is 1.43. The zero-order chi connectivity index (χ0) is 35.4. The molecule has 2 aromatic rings. The number of aromatic hydroxyl groups is 2. The van der Waals surface area contributed by atoms with E-state index in [1.807, 2.05) is 0 Å². The monoisotopic (exact) mass is 747 g/mol. The number of halogens is 1. The minimum Gasteiger partial charge on any atom is -0.504 e. The molecule has 4 rings (SSSR count). The molecule has 0 bridgehead atoms. The number of phenols is 2. The number of carbonyl (C=O) groups excluding carboxylic acids is 2. The summed E-state index contributed by atoms with van der Waals surface area (Å²) in [5, 5.41) is 61.1. The summed E-state index contributed by atoms with van der Waals surface area (Å²) in [5.41, 5.74) is 2.95. The van der Waals surface area contributed by atoms with Crippen molar-refractivity contribution in [3.8, 4) is 11.5 Å². The Labute approximate surface area is 289 Å². The van der Waals surface area contributed by atoms with E-state index in [0.717, 1.165) is 40.9 Å². The van der Waals surface area contributed by atoms with Gasteiger partial charge in [0, 0.05) is 29.8 Å². The average Bonchev–Trinajstić information content (AvgIpc) is 3.64. The lowest BCUT2D eigenvalue weighted by atomic mass is 10.1. The van der Waals surface area contributed by atoms with Gasteiger partial charge in [0.2, 0.25) is 5.60 Å². The standard InChI is InChI=1S/C26H30ClN7O11S3/c1-25(2,22(39)40)45-33-17(13-8-46-24(28)31-13)20(38)30-12-7-44-10-34-9-26(23(41)42,48-21(12)34)47-6-5-29-19(37)16(32-43)11-3-4-14(35)18(36)15(11)27/h3-4,8,12,21,35-36,43H,5-7,9-10H2,1-2H3,(H2,28,31)(H,29,37)(H,30,38)(H,39,40)(H,41,42)/b32-16-,33-17-/t12?,21-,26-/m1/s1. The van der Waals surface area contributed by atoms with Crippen molar-refractivity contribution in [2.75, 3.05) is 37.9 Å². The third kappa shape index (κ3) is 7.98. The van der Waals surface area contributed by atoms with Crippen LogP contribution in [0.2, 0.25) is 5.02 Å². The number of anilines is 1. The molecule has 0 saturated carbocycles. The molecule has 0 radical (unpaired) electrons. The lowest BCUT2D eigenvalue weighted by molar-refractivity contribution is -0.161. The fourth-order valence-corrected chi connectivity index (χ4v) is 8.19. The number of carbonyl (C=O) groups is 4. The molecule has 9 N–H and O–H groups in total. The molecule has 22 heteroatoms. The molecule has 2 amide bonds. The molecular formula is C26H30ClN7O11S3. The third-order valence-corrected chi connectivity index (χ3v) is 11.3. The van der Waals surface area contributed by atoms with Gasteiger partial charge in [-0.2, -0.15) is 0 Å². The molecule has 48 heavy (non-hydrogen) atoms. The largest absolute Gasteiger partial charge is 0.504 e. The Morgan fingerprint density at radius 3 is 2.60 bits per heavy atom. The molecule has 1 aromatic heterocycles. The first-order valence-electron chi connectivity index (χ1n) is 13.7. The number of thiazole rings is 1. The van der Waals surface area contributed by atoms with Gasteiger partial charge in [0.25, 0.3) is 11.8 Å². The molecule has 260 valence electrons. The van der Waals surface area contributed by atoms with Crippen molar-refractivity contribution in [1.29, 1.82) is 0 Å². The van der Waals surface area contributed by atoms with Crippen molar-refractivity contribution in [3.05, 3.63) is 33.8 Å². The molecule has 0 spiro atoms. The highest BCUT2D eigenvalue weighted by molar-refractivity contribution is 8.19. The van der Waals surface area contributed by atoms with Crippen molar-refractivity contribution in [2.45, 2.75) is 34.9 Å². The van der Waals surface area contributed by atoms with Crippen LogP contribution in [-0.4, -0.2) is 124 Å². The molecule has 2 aliphatic heterocycles. The molecule has 1 aromatic carbocycles. The van der Waals surface area contributed by atoms with E-state index >= 15 is 0 Å². The molecule has 3 atom stereocenters. The van der Waals surface area contributed by atoms with Gasteiger partial charge in [0.15, 0.2) is 32.1 Å². The van der Waals surface area contributed by atoms with Crippen molar-refractivity contribution < 1.29 is 54.4 Å². The smallest absolute Gasteiger partial charge is 0.350 e. The zero-order valence-corrected chi connectivity index (χ0v) is 28.3. The number of fused-ring (bicyclic) bond motifs is 1. The van der Waals surface area contributed by atoms with Crippen LogP contribution in [0.3, 0.4) is 0 Å². The fourth-order valence-electron chi connectivity index (χ4n) is 4.33. The number of oxime groups is 2. The Morgan fingerprint density at radius 2 is 1.98 bits per heavy atom. The number of ether oxygens (including phenoxy) is 1. The van der Waals surface area contributed by atoms with Crippen LogP contribution in [0.4, 0.5) is 5.13 Å². The summed E-state index contributed by atoms with van der Waals surface area (Å²) in [6.45, 7) is 2.53. The number of nitrogens with one attached hydrogen (secondary N) is 2. The highest BCUT2D eigenvalue weighted by atomic mass is 35.5. The van der Waals surface area contributed by atoms with Crippen LogP contribution in [0.5, 0.6) is 11.5 Å². The number of nitrogens with two attached hydrogens (primary N) is 1. The van der Waals surface area contributed by atoms with Gasteiger partial charge in [-0.3, -0.25) is 14.5 Å². The summed E-state index contributed by atoms with van der Waals surface area (Å²) < 4.78 is 4.20. The molecule has 0 aliphatic carbocycles. The highest BCUT2D eigenvalue weighted by Crippen LogP contribution is 2.49. The van der Waals surface area contributed by atoms with E-state index in [9.17, 15) is 44.8 Å². The van der Waals surface area contributed by atoms with Gasteiger partial charge in [0.1, 0.15) is 12.4 Å². The number of rotatable bonds is 13. The summed E-state index contributed by atoms with van der Waals surface area (Å²) in [6.07, 6.45) is 0. The molecule has 2 aliphatic rings. The highest BCUT2D eigenvalue weighted by Gasteiger charge is 2.54. The molecule has 1 unspecified atom stereocenters. The number of aromatic nitrogens is 1. The van der Waals surface area contributed by atoms with E-state index in [1.165, 1.54) is 25.3 Å². The Kier molecular flexibility index (Phi) is 11.5. The number of hydrogen-bond donors (Lipinski definition) is 8. The maximum absolute atomic E-state index is 13.5. The van der Waals surface area contributed by atoms with Crippen molar-refractivity contribution in [2.24, 2.45) is 10.3 Å². The van der Waals surface area contributed by atoms with E-state index in [-0.39, 0.29) is 54.3 Å². The quantitative estimate of drug-likeness (QED) is 0.0461. The summed E-state index contributed by atoms with van der Waals surface area (Å²) in [6, 6.07) is 1.48. The van der Waals surface area contributed by atoms with Crippen LogP contribution in [-0.2, 0) is 28.8 Å². The number of benzene rings is 1. The number of aliphatic carboxylic acids is 2. The van der Waals surface area contributed by atoms with E-state index < -0.39 is 67.1 Å². The van der Waals surface area contributed by atoms with Crippen molar-refractivity contribution in [1.82, 2.24) is 20.5 Å². The molecule has 18 nitrogen and oxygen atoms in total. The van der Waals surface area contributed by atoms with Gasteiger partial charge < -0.3 is 51.6 Å². The Bertz CT molecular complexity index is 1660. The minimum absolute atomic E-state index is 0.00781. The molecule has 3 heterocycles. The predicted molar refractivity (Wildman–Crippen MR) is 176 cm³/mol. The van der Waals surface area contributed by atoms with Crippen LogP contribution in [0, 0.1) is 0 Å². The summed E-state index contributed by atoms with van der Waals surface area (Å²) in [7, 11) is 0. The second kappa shape index (κ2) is 15.0. The number of carboxylic acids is 2. The van der Waals surface area contributed by atoms with E-state index in [4.69, 9.17) is 26.9 Å². The second-order valence-electron chi connectivity index (χ2n) is 10.7. The van der Waals surface area contributed by atoms with Gasteiger partial charge in [0.05, 0.1) is 23.0 Å². The van der Waals surface area contributed by atoms with E-state index in [1.54, 1.807) is 4.90 Å². The van der Waals surface area contributed by atoms with Gasteiger partial charge in [-0.15, -0.1) is 34.9 Å². The first-order chi connectivity index (χ1) is 22.6. The first kappa shape index (κ1) is 36.8. The SMILES string of the molecule is CC(C)(O/N=C(\C(=O)NC1COCN2C[C@](SCCNC(=O)/C(=N\O)c3ccc(O)c(O)c3Cl)(C(=O)O)S[C@H]12)c1csc(N)n1)C(=O)O. The third-order valence-electron chi connectivity index (χ3n) is 6.87. The van der Waals surface area contributed by atoms with Crippen LogP contribution in [0.25, 0.3) is 0 Å². The number of nitrogen functional groups attached to an aromatic ring is 1. The minimum atomic E-state index is -1.77. The normalized spacial score (nSPS) is 21.7. The summed E-state index contributed by atoms with van der Waals surface area (Å²) >= 11 is 9.10. The number of hydrogen-bond acceptors (Lipinski definition) is 17. The van der Waals surface area contributed by atoms with E-state index in [2.05, 4.69) is 25.9 Å². The Hall–Kier alpha value is -4.02. The second-order valence-corrected chi connectivity index (χ2v) is 15.0. The van der Waals surface area contributed by atoms with Crippen LogP contribution in [0.15, 0.2) is 27.8 Å². The lowest BCUT2D eigenvalue weighted by Crippen LogP contribution is -2.56. The Morgan fingerprint density at radius 1 is 1.25 bits per heavy atom. The van der Waals surface area contributed by atoms with Crippen molar-refractivity contribution in [3.63, 3.8) is 0 Å². The van der Waals surface area contributed by atoms with E-state index in [0.29, 0.717) is 0 Å². The van der Waals surface area contributed by atoms with Crippen molar-refractivity contribution >= 4 is 86.8 Å².